The summed E-state index contributed by atoms with van der Waals surface area (Å²) in [5.74, 6) is -0.655. The number of aliphatic hydroxyl groups excluding tert-OH is 3. The van der Waals surface area contributed by atoms with Crippen LogP contribution in [0.3, 0.4) is 0 Å². The molecule has 0 aliphatic carbocycles. The molecule has 0 aromatic heterocycles. The Bertz CT molecular complexity index is 555. The van der Waals surface area contributed by atoms with Crippen LogP contribution in [-0.2, 0) is 11.2 Å². The molecule has 0 unspecified atom stereocenters. The van der Waals surface area contributed by atoms with Gasteiger partial charge in [-0.2, -0.15) is 0 Å². The molecule has 0 saturated carbocycles. The van der Waals surface area contributed by atoms with Crippen molar-refractivity contribution in [1.29, 1.82) is 0 Å². The maximum absolute atomic E-state index is 10.4. The van der Waals surface area contributed by atoms with Crippen LogP contribution in [0.2, 0.25) is 0 Å². The number of hydrogen-bond acceptors (Lipinski definition) is 5. The Hall–Kier alpha value is -1.47. The predicted molar refractivity (Wildman–Crippen MR) is 149 cm³/mol. The molecule has 36 heavy (non-hydrogen) atoms. The summed E-state index contributed by atoms with van der Waals surface area (Å²) in [4.78, 5) is 12.2. The van der Waals surface area contributed by atoms with E-state index >= 15 is 0 Å². The van der Waals surface area contributed by atoms with Gasteiger partial charge in [-0.1, -0.05) is 114 Å². The molecular weight excluding hydrogens is 454 g/mol. The largest absolute Gasteiger partial charge is 0.481 e. The number of hydrogen-bond donors (Lipinski definition) is 4. The van der Waals surface area contributed by atoms with Gasteiger partial charge in [0.25, 0.3) is 0 Å². The Labute approximate surface area is 220 Å². The first-order chi connectivity index (χ1) is 17.6. The van der Waals surface area contributed by atoms with E-state index in [9.17, 15) is 4.79 Å². The van der Waals surface area contributed by atoms with Crippen molar-refractivity contribution in [1.82, 2.24) is 4.90 Å². The molecule has 0 spiro atoms. The summed E-state index contributed by atoms with van der Waals surface area (Å²) in [6, 6.07) is 10.8. The molecule has 0 heterocycles. The van der Waals surface area contributed by atoms with Crippen molar-refractivity contribution >= 4 is 5.97 Å². The third-order valence-corrected chi connectivity index (χ3v) is 6.45. The lowest BCUT2D eigenvalue weighted by Crippen LogP contribution is -2.32. The summed E-state index contributed by atoms with van der Waals surface area (Å²) in [5, 5.41) is 34.0. The molecule has 4 N–H and O–H groups in total. The Morgan fingerprint density at radius 1 is 0.556 bits per heavy atom. The number of rotatable bonds is 24. The fraction of sp³-hybridized carbons (Fsp3) is 0.767. The van der Waals surface area contributed by atoms with E-state index in [1.165, 1.54) is 95.5 Å². The summed E-state index contributed by atoms with van der Waals surface area (Å²) >= 11 is 0. The van der Waals surface area contributed by atoms with E-state index < -0.39 is 5.97 Å². The highest BCUT2D eigenvalue weighted by molar-refractivity contribution is 5.66. The standard InChI is InChI=1S/C24H40O2.C6H15NO3/c25-24(26)22-18-13-11-9-7-5-3-1-2-4-6-8-10-12-15-19-23-20-16-14-17-21-23;8-4-1-7(2-5-9)3-6-10/h14,16-17,20-21H,1-13,15,18-19,22H2,(H,25,26);8-10H,1-6H2. The second-order valence-electron chi connectivity index (χ2n) is 9.70. The van der Waals surface area contributed by atoms with Crippen LogP contribution in [0.1, 0.15) is 108 Å². The number of aliphatic hydroxyl groups is 3. The van der Waals surface area contributed by atoms with E-state index in [4.69, 9.17) is 20.4 Å². The van der Waals surface area contributed by atoms with E-state index in [2.05, 4.69) is 30.3 Å². The minimum absolute atomic E-state index is 0.0694. The fourth-order valence-electron chi connectivity index (χ4n) is 4.31. The van der Waals surface area contributed by atoms with Gasteiger partial charge in [-0.05, 0) is 24.8 Å². The summed E-state index contributed by atoms with van der Waals surface area (Å²) < 4.78 is 0. The molecule has 0 atom stereocenters. The molecule has 1 aromatic carbocycles. The molecule has 1 aromatic rings. The molecule has 0 fully saturated rings. The van der Waals surface area contributed by atoms with E-state index in [-0.39, 0.29) is 19.8 Å². The maximum atomic E-state index is 10.4. The van der Waals surface area contributed by atoms with Crippen molar-refractivity contribution in [2.75, 3.05) is 39.5 Å². The molecule has 210 valence electrons. The number of carboxylic acids is 1. The number of unbranched alkanes of at least 4 members (excludes halogenated alkanes) is 14. The average Bonchev–Trinajstić information content (AvgIpc) is 2.87. The fourth-order valence-corrected chi connectivity index (χ4v) is 4.31. The molecule has 0 amide bonds. The topological polar surface area (TPSA) is 101 Å². The smallest absolute Gasteiger partial charge is 0.303 e. The first kappa shape index (κ1) is 34.5. The SMILES string of the molecule is O=C(O)CCCCCCCCCCCCCCCCCc1ccccc1.OCCN(CCO)CCO. The van der Waals surface area contributed by atoms with Gasteiger partial charge in [-0.3, -0.25) is 9.69 Å². The van der Waals surface area contributed by atoms with Gasteiger partial charge >= 0.3 is 5.97 Å². The quantitative estimate of drug-likeness (QED) is 0.131. The van der Waals surface area contributed by atoms with Gasteiger partial charge < -0.3 is 20.4 Å². The summed E-state index contributed by atoms with van der Waals surface area (Å²) in [6.45, 7) is 1.75. The molecule has 6 nitrogen and oxygen atoms in total. The monoisotopic (exact) mass is 509 g/mol. The molecule has 0 bridgehead atoms. The van der Waals surface area contributed by atoms with Gasteiger partial charge in [0.05, 0.1) is 19.8 Å². The van der Waals surface area contributed by atoms with Crippen molar-refractivity contribution in [3.05, 3.63) is 35.9 Å². The minimum Gasteiger partial charge on any atom is -0.481 e. The minimum atomic E-state index is -0.655. The second-order valence-corrected chi connectivity index (χ2v) is 9.70. The number of nitrogens with zero attached hydrogens (tertiary/aromatic N) is 1. The predicted octanol–water partition coefficient (Wildman–Crippen LogP) is 5.82. The van der Waals surface area contributed by atoms with Crippen molar-refractivity contribution < 1.29 is 25.2 Å². The third kappa shape index (κ3) is 25.6. The molecule has 1 rings (SSSR count). The van der Waals surface area contributed by atoms with Crippen LogP contribution < -0.4 is 0 Å². The van der Waals surface area contributed by atoms with Crippen molar-refractivity contribution in [2.45, 2.75) is 109 Å². The van der Waals surface area contributed by atoms with Crippen LogP contribution in [0, 0.1) is 0 Å². The van der Waals surface area contributed by atoms with Crippen molar-refractivity contribution in [3.8, 4) is 0 Å². The number of carboxylic acid groups (broad SMARTS) is 1. The zero-order valence-electron chi connectivity index (χ0n) is 22.8. The average molecular weight is 510 g/mol. The number of carbonyl (C=O) groups is 1. The molecule has 0 aliphatic heterocycles. The van der Waals surface area contributed by atoms with Crippen LogP contribution in [0.25, 0.3) is 0 Å². The highest BCUT2D eigenvalue weighted by atomic mass is 16.4. The summed E-state index contributed by atoms with van der Waals surface area (Å²) in [5.41, 5.74) is 1.48. The van der Waals surface area contributed by atoms with Crippen molar-refractivity contribution in [2.24, 2.45) is 0 Å². The molecule has 0 radical (unpaired) electrons. The second kappa shape index (κ2) is 28.1. The molecular formula is C30H55NO5. The number of benzene rings is 1. The Morgan fingerprint density at radius 3 is 1.28 bits per heavy atom. The highest BCUT2D eigenvalue weighted by Crippen LogP contribution is 2.14. The molecule has 0 saturated heterocycles. The molecule has 0 aliphatic rings. The first-order valence-electron chi connectivity index (χ1n) is 14.4. The molecule has 6 heteroatoms. The van der Waals surface area contributed by atoms with Crippen LogP contribution in [0.4, 0.5) is 0 Å². The lowest BCUT2D eigenvalue weighted by atomic mass is 10.0. The van der Waals surface area contributed by atoms with Gasteiger partial charge in [0.1, 0.15) is 0 Å². The van der Waals surface area contributed by atoms with E-state index in [0.717, 1.165) is 12.8 Å². The van der Waals surface area contributed by atoms with Crippen LogP contribution in [0.15, 0.2) is 30.3 Å². The van der Waals surface area contributed by atoms with Gasteiger partial charge in [0, 0.05) is 26.1 Å². The van der Waals surface area contributed by atoms with Crippen LogP contribution in [0.5, 0.6) is 0 Å². The first-order valence-corrected chi connectivity index (χ1v) is 14.4. The van der Waals surface area contributed by atoms with Gasteiger partial charge in [0.15, 0.2) is 0 Å². The third-order valence-electron chi connectivity index (χ3n) is 6.45. The Morgan fingerprint density at radius 2 is 0.917 bits per heavy atom. The normalized spacial score (nSPS) is 10.9. The van der Waals surface area contributed by atoms with Gasteiger partial charge in [-0.15, -0.1) is 0 Å². The van der Waals surface area contributed by atoms with Gasteiger partial charge in [0.2, 0.25) is 0 Å². The van der Waals surface area contributed by atoms with E-state index in [1.54, 1.807) is 4.90 Å². The zero-order valence-corrected chi connectivity index (χ0v) is 22.8. The van der Waals surface area contributed by atoms with Gasteiger partial charge in [-0.25, -0.2) is 0 Å². The maximum Gasteiger partial charge on any atom is 0.303 e. The number of aliphatic carboxylic acids is 1. The Kier molecular flexibility index (Phi) is 27.0. The van der Waals surface area contributed by atoms with E-state index in [0.29, 0.717) is 26.1 Å². The van der Waals surface area contributed by atoms with Crippen LogP contribution in [-0.4, -0.2) is 70.8 Å². The summed E-state index contributed by atoms with van der Waals surface area (Å²) in [7, 11) is 0. The number of aryl methyl sites for hydroxylation is 1. The highest BCUT2D eigenvalue weighted by Gasteiger charge is 2.00. The lowest BCUT2D eigenvalue weighted by Gasteiger charge is -2.17. The Balaban J connectivity index is 0.00000103. The summed E-state index contributed by atoms with van der Waals surface area (Å²) in [6.07, 6.45) is 21.2. The zero-order chi connectivity index (χ0) is 26.5. The van der Waals surface area contributed by atoms with Crippen LogP contribution >= 0.6 is 0 Å². The van der Waals surface area contributed by atoms with E-state index in [1.807, 2.05) is 0 Å². The lowest BCUT2D eigenvalue weighted by molar-refractivity contribution is -0.137. The van der Waals surface area contributed by atoms with Crippen molar-refractivity contribution in [3.63, 3.8) is 0 Å².